The number of aromatic nitrogens is 3. The van der Waals surface area contributed by atoms with Crippen LogP contribution in [0.25, 0.3) is 0 Å². The van der Waals surface area contributed by atoms with E-state index >= 15 is 0 Å². The maximum absolute atomic E-state index is 12.8. The number of carbonyl (C=O) groups excluding carboxylic acids is 2. The van der Waals surface area contributed by atoms with Crippen molar-refractivity contribution in [2.24, 2.45) is 5.73 Å². The molecule has 0 fully saturated rings. The summed E-state index contributed by atoms with van der Waals surface area (Å²) in [7, 11) is 0. The number of ketones is 1. The molecule has 0 spiro atoms. The van der Waals surface area contributed by atoms with E-state index in [1.54, 1.807) is 36.4 Å². The monoisotopic (exact) mass is 423 g/mol. The van der Waals surface area contributed by atoms with E-state index in [4.69, 9.17) is 46.3 Å². The van der Waals surface area contributed by atoms with Crippen LogP contribution in [0.5, 0.6) is 0 Å². The van der Waals surface area contributed by atoms with Crippen molar-refractivity contribution in [3.8, 4) is 0 Å². The molecule has 0 saturated carbocycles. The number of rotatable bonds is 5. The molecule has 1 amide bonds. The van der Waals surface area contributed by atoms with Crippen molar-refractivity contribution in [2.75, 3.05) is 5.73 Å². The number of benzene rings is 2. The Morgan fingerprint density at radius 3 is 2.22 bits per heavy atom. The Balaban J connectivity index is 1.95. The first-order valence-electron chi connectivity index (χ1n) is 7.55. The average molecular weight is 425 g/mol. The largest absolute Gasteiger partial charge is 0.382 e. The predicted molar refractivity (Wildman–Crippen MR) is 103 cm³/mol. The summed E-state index contributed by atoms with van der Waals surface area (Å²) in [5.41, 5.74) is 11.9. The Morgan fingerprint density at radius 1 is 1.04 bits per heavy atom. The van der Waals surface area contributed by atoms with E-state index in [9.17, 15) is 9.59 Å². The van der Waals surface area contributed by atoms with Crippen LogP contribution < -0.4 is 11.5 Å². The number of hydrogen-bond donors (Lipinski definition) is 2. The number of primary amides is 1. The highest BCUT2D eigenvalue weighted by molar-refractivity contribution is 6.42. The average Bonchev–Trinajstić information content (AvgIpc) is 2.95. The molecule has 4 N–H and O–H groups in total. The first-order chi connectivity index (χ1) is 12.8. The van der Waals surface area contributed by atoms with Crippen molar-refractivity contribution in [2.45, 2.75) is 6.54 Å². The Bertz CT molecular complexity index is 1040. The minimum Gasteiger partial charge on any atom is -0.382 e. The second kappa shape index (κ2) is 7.56. The maximum atomic E-state index is 12.8. The Morgan fingerprint density at radius 2 is 1.67 bits per heavy atom. The summed E-state index contributed by atoms with van der Waals surface area (Å²) in [6, 6.07) is 9.72. The zero-order valence-corrected chi connectivity index (χ0v) is 15.9. The van der Waals surface area contributed by atoms with Gasteiger partial charge < -0.3 is 11.5 Å². The van der Waals surface area contributed by atoms with Crippen LogP contribution in [0.1, 0.15) is 32.0 Å². The zero-order chi connectivity index (χ0) is 19.7. The molecular weight excluding hydrogens is 413 g/mol. The van der Waals surface area contributed by atoms with Gasteiger partial charge in [-0.05, 0) is 29.8 Å². The molecule has 1 heterocycles. The van der Waals surface area contributed by atoms with Crippen LogP contribution in [0, 0.1) is 0 Å². The number of halogens is 3. The summed E-state index contributed by atoms with van der Waals surface area (Å²) in [5.74, 6) is -1.15. The molecule has 0 aliphatic carbocycles. The fraction of sp³-hybridized carbons (Fsp3) is 0.0588. The SMILES string of the molecule is NC(=O)c1nnn(Cc2cc(Cl)c(C(=O)c3ccccc3Cl)c(Cl)c2)c1N. The molecule has 0 aliphatic rings. The highest BCUT2D eigenvalue weighted by Crippen LogP contribution is 2.31. The minimum atomic E-state index is -0.782. The third-order valence-corrected chi connectivity index (χ3v) is 4.71. The highest BCUT2D eigenvalue weighted by atomic mass is 35.5. The quantitative estimate of drug-likeness (QED) is 0.610. The van der Waals surface area contributed by atoms with Gasteiger partial charge in [-0.1, -0.05) is 52.1 Å². The molecule has 2 aromatic carbocycles. The third kappa shape index (κ3) is 3.75. The van der Waals surface area contributed by atoms with E-state index in [1.807, 2.05) is 0 Å². The summed E-state index contributed by atoms with van der Waals surface area (Å²) in [4.78, 5) is 24.0. The smallest absolute Gasteiger partial charge is 0.273 e. The summed E-state index contributed by atoms with van der Waals surface area (Å²) in [6.07, 6.45) is 0. The van der Waals surface area contributed by atoms with Crippen LogP contribution in [0.3, 0.4) is 0 Å². The lowest BCUT2D eigenvalue weighted by Crippen LogP contribution is -2.15. The van der Waals surface area contributed by atoms with Crippen LogP contribution in [-0.2, 0) is 6.54 Å². The molecule has 0 bridgehead atoms. The molecule has 0 atom stereocenters. The van der Waals surface area contributed by atoms with Crippen LogP contribution in [0.15, 0.2) is 36.4 Å². The molecule has 10 heteroatoms. The number of carbonyl (C=O) groups is 2. The summed E-state index contributed by atoms with van der Waals surface area (Å²) < 4.78 is 1.28. The van der Waals surface area contributed by atoms with Crippen molar-refractivity contribution < 1.29 is 9.59 Å². The predicted octanol–water partition coefficient (Wildman–Crippen LogP) is 3.20. The van der Waals surface area contributed by atoms with E-state index in [0.717, 1.165) is 0 Å². The standard InChI is InChI=1S/C17H12Cl3N5O2/c18-10-4-2-1-3-9(10)15(26)13-11(19)5-8(6-12(13)20)7-25-16(21)14(17(22)27)23-24-25/h1-6H,7,21H2,(H2,22,27). The van der Waals surface area contributed by atoms with Gasteiger partial charge >= 0.3 is 0 Å². The summed E-state index contributed by atoms with van der Waals surface area (Å²) >= 11 is 18.7. The van der Waals surface area contributed by atoms with Crippen LogP contribution in [0.4, 0.5) is 5.82 Å². The molecule has 3 rings (SSSR count). The van der Waals surface area contributed by atoms with E-state index in [0.29, 0.717) is 16.1 Å². The van der Waals surface area contributed by atoms with Crippen molar-refractivity contribution in [3.05, 3.63) is 73.9 Å². The fourth-order valence-electron chi connectivity index (χ4n) is 2.50. The van der Waals surface area contributed by atoms with E-state index in [1.165, 1.54) is 4.68 Å². The first kappa shape index (κ1) is 19.2. The van der Waals surface area contributed by atoms with Gasteiger partial charge in [0.2, 0.25) is 0 Å². The number of nitrogens with zero attached hydrogens (tertiary/aromatic N) is 3. The minimum absolute atomic E-state index is 0.0194. The number of nitrogens with two attached hydrogens (primary N) is 2. The van der Waals surface area contributed by atoms with Crippen LogP contribution in [0.2, 0.25) is 15.1 Å². The van der Waals surface area contributed by atoms with Gasteiger partial charge in [-0.25, -0.2) is 4.68 Å². The van der Waals surface area contributed by atoms with Gasteiger partial charge in [0.05, 0.1) is 27.2 Å². The van der Waals surface area contributed by atoms with Gasteiger partial charge in [0, 0.05) is 5.56 Å². The van der Waals surface area contributed by atoms with Gasteiger partial charge in [0.25, 0.3) is 5.91 Å². The summed E-state index contributed by atoms with van der Waals surface area (Å²) in [6.45, 7) is 0.131. The molecule has 27 heavy (non-hydrogen) atoms. The van der Waals surface area contributed by atoms with Crippen molar-refractivity contribution in [1.82, 2.24) is 15.0 Å². The Kier molecular flexibility index (Phi) is 5.36. The normalized spacial score (nSPS) is 10.8. The molecule has 0 unspecified atom stereocenters. The molecule has 0 radical (unpaired) electrons. The maximum Gasteiger partial charge on any atom is 0.273 e. The number of amides is 1. The molecule has 7 nitrogen and oxygen atoms in total. The second-order valence-corrected chi connectivity index (χ2v) is 6.81. The Hall–Kier alpha value is -2.61. The zero-order valence-electron chi connectivity index (χ0n) is 13.6. The topological polar surface area (TPSA) is 117 Å². The van der Waals surface area contributed by atoms with Crippen molar-refractivity contribution in [3.63, 3.8) is 0 Å². The second-order valence-electron chi connectivity index (χ2n) is 5.59. The summed E-state index contributed by atoms with van der Waals surface area (Å²) in [5, 5.41) is 8.01. The molecule has 0 aliphatic heterocycles. The molecule has 3 aromatic rings. The van der Waals surface area contributed by atoms with E-state index in [2.05, 4.69) is 10.3 Å². The molecule has 138 valence electrons. The number of hydrogen-bond acceptors (Lipinski definition) is 5. The van der Waals surface area contributed by atoms with Gasteiger partial charge in [-0.3, -0.25) is 9.59 Å². The third-order valence-electron chi connectivity index (χ3n) is 3.79. The number of nitrogen functional groups attached to an aromatic ring is 1. The fourth-order valence-corrected chi connectivity index (χ4v) is 3.42. The van der Waals surface area contributed by atoms with Crippen LogP contribution in [-0.4, -0.2) is 26.7 Å². The first-order valence-corrected chi connectivity index (χ1v) is 8.69. The van der Waals surface area contributed by atoms with Crippen LogP contribution >= 0.6 is 34.8 Å². The molecular formula is C17H12Cl3N5O2. The lowest BCUT2D eigenvalue weighted by molar-refractivity contribution is 0.0994. The van der Waals surface area contributed by atoms with Gasteiger partial charge in [-0.15, -0.1) is 5.10 Å². The van der Waals surface area contributed by atoms with Gasteiger partial charge in [-0.2, -0.15) is 0 Å². The van der Waals surface area contributed by atoms with E-state index < -0.39 is 11.7 Å². The molecule has 0 saturated heterocycles. The van der Waals surface area contributed by atoms with Crippen molar-refractivity contribution in [1.29, 1.82) is 0 Å². The lowest BCUT2D eigenvalue weighted by atomic mass is 10.0. The van der Waals surface area contributed by atoms with Crippen molar-refractivity contribution >= 4 is 52.3 Å². The van der Waals surface area contributed by atoms with E-state index in [-0.39, 0.29) is 33.7 Å². The molecule has 1 aromatic heterocycles. The Labute approximate surface area is 168 Å². The lowest BCUT2D eigenvalue weighted by Gasteiger charge is -2.11. The number of anilines is 1. The van der Waals surface area contributed by atoms with Gasteiger partial charge in [0.1, 0.15) is 0 Å². The highest BCUT2D eigenvalue weighted by Gasteiger charge is 2.21. The van der Waals surface area contributed by atoms with Gasteiger partial charge in [0.15, 0.2) is 17.3 Å².